The van der Waals surface area contributed by atoms with Gasteiger partial charge in [-0.2, -0.15) is 0 Å². The predicted octanol–water partition coefficient (Wildman–Crippen LogP) is 2.66. The molecule has 2 heterocycles. The van der Waals surface area contributed by atoms with Gasteiger partial charge in [-0.1, -0.05) is 26.0 Å². The summed E-state index contributed by atoms with van der Waals surface area (Å²) in [7, 11) is 1.86. The normalized spacial score (nSPS) is 18.2. The monoisotopic (exact) mass is 386 g/mol. The topological polar surface area (TPSA) is 67.2 Å². The van der Waals surface area contributed by atoms with Crippen LogP contribution in [0.5, 0.6) is 0 Å². The zero-order valence-corrected chi connectivity index (χ0v) is 16.6. The maximum absolute atomic E-state index is 13.4. The molecule has 1 saturated heterocycles. The fourth-order valence-electron chi connectivity index (χ4n) is 3.62. The van der Waals surface area contributed by atoms with Crippen LogP contribution in [0.25, 0.3) is 0 Å². The Labute approximate surface area is 164 Å². The zero-order chi connectivity index (χ0) is 20.3. The average Bonchev–Trinajstić information content (AvgIpc) is 3.11. The van der Waals surface area contributed by atoms with Crippen molar-refractivity contribution >= 4 is 11.8 Å². The summed E-state index contributed by atoms with van der Waals surface area (Å²) in [6.45, 7) is 4.87. The minimum Gasteiger partial charge on any atom is -0.342 e. The minimum atomic E-state index is -0.482. The van der Waals surface area contributed by atoms with Crippen molar-refractivity contribution in [3.05, 3.63) is 53.9 Å². The van der Waals surface area contributed by atoms with E-state index in [-0.39, 0.29) is 29.5 Å². The standard InChI is InChI=1S/C21H27FN4O2/c1-14(2)21(28)26-11-4-5-16(13-26)20(27)24-18(19-23-10-12-25(19)3)15-6-8-17(22)9-7-15/h6-10,12,14,16,18H,4-5,11,13H2,1-3H3,(H,24,27). The van der Waals surface area contributed by atoms with E-state index in [1.807, 2.05) is 31.7 Å². The molecule has 1 aromatic heterocycles. The molecule has 1 fully saturated rings. The molecule has 2 unspecified atom stereocenters. The van der Waals surface area contributed by atoms with Crippen LogP contribution in [0.3, 0.4) is 0 Å². The highest BCUT2D eigenvalue weighted by Crippen LogP contribution is 2.24. The molecule has 6 nitrogen and oxygen atoms in total. The van der Waals surface area contributed by atoms with E-state index in [0.29, 0.717) is 18.9 Å². The number of carbonyl (C=O) groups excluding carboxylic acids is 2. The second-order valence-corrected chi connectivity index (χ2v) is 7.67. The summed E-state index contributed by atoms with van der Waals surface area (Å²) in [6.07, 6.45) is 5.02. The number of hydrogen-bond acceptors (Lipinski definition) is 3. The fraction of sp³-hybridized carbons (Fsp3) is 0.476. The Morgan fingerprint density at radius 1 is 1.25 bits per heavy atom. The van der Waals surface area contributed by atoms with Crippen molar-refractivity contribution in [3.8, 4) is 0 Å². The molecule has 0 saturated carbocycles. The van der Waals surface area contributed by atoms with Gasteiger partial charge in [0.05, 0.1) is 5.92 Å². The van der Waals surface area contributed by atoms with Gasteiger partial charge in [0.25, 0.3) is 0 Å². The van der Waals surface area contributed by atoms with Crippen LogP contribution in [0.4, 0.5) is 4.39 Å². The number of hydrogen-bond donors (Lipinski definition) is 1. The number of aromatic nitrogens is 2. The number of rotatable bonds is 5. The first kappa shape index (κ1) is 20.0. The van der Waals surface area contributed by atoms with E-state index >= 15 is 0 Å². The highest BCUT2D eigenvalue weighted by Gasteiger charge is 2.31. The average molecular weight is 386 g/mol. The SMILES string of the molecule is CC(C)C(=O)N1CCCC(C(=O)NC(c2ccc(F)cc2)c2nccn2C)C1. The summed E-state index contributed by atoms with van der Waals surface area (Å²) >= 11 is 0. The molecule has 3 rings (SSSR count). The van der Waals surface area contributed by atoms with Crippen molar-refractivity contribution in [3.63, 3.8) is 0 Å². The summed E-state index contributed by atoms with van der Waals surface area (Å²) in [5, 5.41) is 3.07. The second kappa shape index (κ2) is 8.54. The van der Waals surface area contributed by atoms with Gasteiger partial charge in [-0.05, 0) is 30.5 Å². The molecule has 1 aromatic carbocycles. The zero-order valence-electron chi connectivity index (χ0n) is 16.6. The maximum atomic E-state index is 13.4. The van der Waals surface area contributed by atoms with E-state index in [4.69, 9.17) is 0 Å². The molecule has 1 aliphatic heterocycles. The maximum Gasteiger partial charge on any atom is 0.225 e. The number of aryl methyl sites for hydroxylation is 1. The van der Waals surface area contributed by atoms with Gasteiger partial charge in [-0.3, -0.25) is 9.59 Å². The number of halogens is 1. The summed E-state index contributed by atoms with van der Waals surface area (Å²) in [4.78, 5) is 31.5. The molecule has 0 radical (unpaired) electrons. The molecule has 28 heavy (non-hydrogen) atoms. The highest BCUT2D eigenvalue weighted by molar-refractivity contribution is 5.82. The molecule has 0 bridgehead atoms. The van der Waals surface area contributed by atoms with Gasteiger partial charge in [0.15, 0.2) is 0 Å². The second-order valence-electron chi connectivity index (χ2n) is 7.67. The van der Waals surface area contributed by atoms with Crippen LogP contribution in [0, 0.1) is 17.7 Å². The van der Waals surface area contributed by atoms with Crippen LogP contribution < -0.4 is 5.32 Å². The van der Waals surface area contributed by atoms with Crippen LogP contribution in [0.2, 0.25) is 0 Å². The molecule has 0 spiro atoms. The largest absolute Gasteiger partial charge is 0.342 e. The van der Waals surface area contributed by atoms with E-state index in [1.54, 1.807) is 23.2 Å². The molecule has 1 aliphatic rings. The third kappa shape index (κ3) is 4.40. The van der Waals surface area contributed by atoms with Gasteiger partial charge in [0.1, 0.15) is 17.7 Å². The summed E-state index contributed by atoms with van der Waals surface area (Å²) in [6, 6.07) is 5.58. The quantitative estimate of drug-likeness (QED) is 0.859. The molecular formula is C21H27FN4O2. The Morgan fingerprint density at radius 3 is 2.57 bits per heavy atom. The van der Waals surface area contributed by atoms with Crippen LogP contribution in [0.1, 0.15) is 44.1 Å². The number of piperidine rings is 1. The van der Waals surface area contributed by atoms with E-state index in [9.17, 15) is 14.0 Å². The Kier molecular flexibility index (Phi) is 6.11. The third-order valence-corrected chi connectivity index (χ3v) is 5.20. The Hall–Kier alpha value is -2.70. The third-order valence-electron chi connectivity index (χ3n) is 5.20. The van der Waals surface area contributed by atoms with Crippen LogP contribution in [0.15, 0.2) is 36.7 Å². The molecule has 1 N–H and O–H groups in total. The lowest BCUT2D eigenvalue weighted by molar-refractivity contribution is -0.138. The van der Waals surface area contributed by atoms with Gasteiger partial charge in [0.2, 0.25) is 11.8 Å². The van der Waals surface area contributed by atoms with Crippen molar-refractivity contribution in [1.29, 1.82) is 0 Å². The van der Waals surface area contributed by atoms with Crippen LogP contribution >= 0.6 is 0 Å². The van der Waals surface area contributed by atoms with E-state index in [0.717, 1.165) is 18.4 Å². The molecule has 2 aromatic rings. The fourth-order valence-corrected chi connectivity index (χ4v) is 3.62. The number of benzene rings is 1. The Bertz CT molecular complexity index is 831. The van der Waals surface area contributed by atoms with Crippen molar-refractivity contribution in [2.75, 3.05) is 13.1 Å². The van der Waals surface area contributed by atoms with E-state index in [1.165, 1.54) is 12.1 Å². The van der Waals surface area contributed by atoms with Gasteiger partial charge in [-0.15, -0.1) is 0 Å². The van der Waals surface area contributed by atoms with Gasteiger partial charge >= 0.3 is 0 Å². The Balaban J connectivity index is 1.79. The summed E-state index contributed by atoms with van der Waals surface area (Å²) in [5.41, 5.74) is 0.759. The first-order chi connectivity index (χ1) is 13.4. The predicted molar refractivity (Wildman–Crippen MR) is 104 cm³/mol. The van der Waals surface area contributed by atoms with Gasteiger partial charge < -0.3 is 14.8 Å². The van der Waals surface area contributed by atoms with Crippen LogP contribution in [-0.4, -0.2) is 39.4 Å². The lowest BCUT2D eigenvalue weighted by Crippen LogP contribution is -2.47. The van der Waals surface area contributed by atoms with Crippen molar-refractivity contribution in [1.82, 2.24) is 19.8 Å². The molecule has 7 heteroatoms. The lowest BCUT2D eigenvalue weighted by atomic mass is 9.95. The molecule has 0 aliphatic carbocycles. The smallest absolute Gasteiger partial charge is 0.225 e. The molecule has 150 valence electrons. The highest BCUT2D eigenvalue weighted by atomic mass is 19.1. The van der Waals surface area contributed by atoms with Crippen molar-refractivity contribution in [2.45, 2.75) is 32.7 Å². The van der Waals surface area contributed by atoms with E-state index < -0.39 is 6.04 Å². The van der Waals surface area contributed by atoms with Crippen LogP contribution in [-0.2, 0) is 16.6 Å². The number of nitrogens with zero attached hydrogens (tertiary/aromatic N) is 3. The number of imidazole rings is 1. The number of nitrogens with one attached hydrogen (secondary N) is 1. The van der Waals surface area contributed by atoms with Gasteiger partial charge in [-0.25, -0.2) is 9.37 Å². The number of likely N-dealkylation sites (tertiary alicyclic amines) is 1. The minimum absolute atomic E-state index is 0.0803. The lowest BCUT2D eigenvalue weighted by Gasteiger charge is -2.34. The number of carbonyl (C=O) groups is 2. The summed E-state index contributed by atoms with van der Waals surface area (Å²) < 4.78 is 15.2. The first-order valence-electron chi connectivity index (χ1n) is 9.68. The van der Waals surface area contributed by atoms with Gasteiger partial charge in [0, 0.05) is 38.4 Å². The van der Waals surface area contributed by atoms with E-state index in [2.05, 4.69) is 10.3 Å². The molecular weight excluding hydrogens is 359 g/mol. The van der Waals surface area contributed by atoms with Crippen molar-refractivity contribution < 1.29 is 14.0 Å². The summed E-state index contributed by atoms with van der Waals surface area (Å²) in [5.74, 6) is -0.0362. The first-order valence-corrected chi connectivity index (χ1v) is 9.68. The molecule has 2 amide bonds. The number of amides is 2. The Morgan fingerprint density at radius 2 is 1.96 bits per heavy atom. The van der Waals surface area contributed by atoms with Crippen molar-refractivity contribution in [2.24, 2.45) is 18.9 Å². The molecule has 2 atom stereocenters.